The van der Waals surface area contributed by atoms with Gasteiger partial charge in [0.2, 0.25) is 5.91 Å². The molecule has 134 valence electrons. The maximum absolute atomic E-state index is 14.4. The first-order valence-electron chi connectivity index (χ1n) is 8.36. The number of rotatable bonds is 4. The zero-order valence-electron chi connectivity index (χ0n) is 14.4. The molecular weight excluding hydrogens is 343 g/mol. The minimum absolute atomic E-state index is 0.0684. The molecule has 2 aromatic rings. The number of carbonyl (C=O) groups is 2. The van der Waals surface area contributed by atoms with Gasteiger partial charge < -0.3 is 9.64 Å². The summed E-state index contributed by atoms with van der Waals surface area (Å²) >= 11 is 1.27. The number of halogens is 1. The number of esters is 1. The summed E-state index contributed by atoms with van der Waals surface area (Å²) in [6.07, 6.45) is 0. The summed E-state index contributed by atoms with van der Waals surface area (Å²) in [5, 5.41) is 0.504. The lowest BCUT2D eigenvalue weighted by Gasteiger charge is -2.34. The molecule has 7 heteroatoms. The van der Waals surface area contributed by atoms with E-state index >= 15 is 0 Å². The third kappa shape index (κ3) is 3.67. The van der Waals surface area contributed by atoms with Crippen LogP contribution in [0.25, 0.3) is 10.1 Å². The molecule has 0 N–H and O–H groups in total. The van der Waals surface area contributed by atoms with Crippen LogP contribution < -0.4 is 0 Å². The van der Waals surface area contributed by atoms with Crippen molar-refractivity contribution in [3.05, 3.63) is 34.5 Å². The van der Waals surface area contributed by atoms with Crippen LogP contribution >= 0.6 is 11.3 Å². The predicted octanol–water partition coefficient (Wildman–Crippen LogP) is 2.88. The van der Waals surface area contributed by atoms with E-state index in [0.29, 0.717) is 48.6 Å². The second-order valence-electron chi connectivity index (χ2n) is 6.03. The Hall–Kier alpha value is -1.99. The summed E-state index contributed by atoms with van der Waals surface area (Å²) in [5.41, 5.74) is 0.688. The number of nitrogens with zero attached hydrogens (tertiary/aromatic N) is 2. The van der Waals surface area contributed by atoms with E-state index in [1.807, 2.05) is 6.07 Å². The maximum Gasteiger partial charge on any atom is 0.348 e. The molecule has 2 heterocycles. The van der Waals surface area contributed by atoms with Crippen molar-refractivity contribution in [3.8, 4) is 0 Å². The molecule has 0 radical (unpaired) electrons. The van der Waals surface area contributed by atoms with Crippen molar-refractivity contribution in [2.45, 2.75) is 20.4 Å². The lowest BCUT2D eigenvalue weighted by Crippen LogP contribution is -2.47. The fourth-order valence-electron chi connectivity index (χ4n) is 3.12. The molecule has 0 bridgehead atoms. The molecule has 0 spiro atoms. The van der Waals surface area contributed by atoms with Crippen LogP contribution in [0.5, 0.6) is 0 Å². The normalized spacial score (nSPS) is 15.6. The van der Waals surface area contributed by atoms with E-state index in [1.165, 1.54) is 17.4 Å². The monoisotopic (exact) mass is 364 g/mol. The van der Waals surface area contributed by atoms with E-state index < -0.39 is 5.97 Å². The fourth-order valence-corrected chi connectivity index (χ4v) is 4.25. The van der Waals surface area contributed by atoms with Gasteiger partial charge in [-0.25, -0.2) is 9.18 Å². The summed E-state index contributed by atoms with van der Waals surface area (Å²) < 4.78 is 20.3. The van der Waals surface area contributed by atoms with Crippen molar-refractivity contribution in [2.75, 3.05) is 32.8 Å². The molecule has 0 aliphatic carbocycles. The molecule has 0 unspecified atom stereocenters. The van der Waals surface area contributed by atoms with Crippen LogP contribution in [0.4, 0.5) is 4.39 Å². The first-order valence-corrected chi connectivity index (χ1v) is 9.17. The van der Waals surface area contributed by atoms with Gasteiger partial charge in [-0.3, -0.25) is 9.69 Å². The standard InChI is InChI=1S/C18H21FN2O3S/c1-3-24-18(23)17-13(16-14(19)5-4-6-15(16)25-17)11-20-7-9-21(10-8-20)12(2)22/h4-6H,3,7-11H2,1-2H3. The van der Waals surface area contributed by atoms with E-state index in [1.54, 1.807) is 24.8 Å². The molecule has 5 nitrogen and oxygen atoms in total. The molecule has 1 aromatic heterocycles. The van der Waals surface area contributed by atoms with Gasteiger partial charge in [0.15, 0.2) is 0 Å². The van der Waals surface area contributed by atoms with Crippen molar-refractivity contribution in [3.63, 3.8) is 0 Å². The Morgan fingerprint density at radius 1 is 1.24 bits per heavy atom. The minimum atomic E-state index is -0.402. The molecule has 0 atom stereocenters. The molecule has 1 aromatic carbocycles. The highest BCUT2D eigenvalue weighted by Crippen LogP contribution is 2.34. The molecule has 1 aliphatic heterocycles. The number of fused-ring (bicyclic) bond motifs is 1. The van der Waals surface area contributed by atoms with Gasteiger partial charge in [0.05, 0.1) is 6.61 Å². The molecule has 1 fully saturated rings. The quantitative estimate of drug-likeness (QED) is 0.783. The van der Waals surface area contributed by atoms with E-state index in [9.17, 15) is 14.0 Å². The zero-order valence-corrected chi connectivity index (χ0v) is 15.2. The van der Waals surface area contributed by atoms with Gasteiger partial charge >= 0.3 is 5.97 Å². The highest BCUT2D eigenvalue weighted by atomic mass is 32.1. The SMILES string of the molecule is CCOC(=O)c1sc2cccc(F)c2c1CN1CCN(C(C)=O)CC1. The summed E-state index contributed by atoms with van der Waals surface area (Å²) in [4.78, 5) is 28.2. The number of amides is 1. The lowest BCUT2D eigenvalue weighted by molar-refractivity contribution is -0.130. The van der Waals surface area contributed by atoms with E-state index in [-0.39, 0.29) is 18.3 Å². The van der Waals surface area contributed by atoms with Gasteiger partial charge in [0.1, 0.15) is 10.7 Å². The maximum atomic E-state index is 14.4. The average molecular weight is 364 g/mol. The number of ether oxygens (including phenoxy) is 1. The Labute approximate surface area is 150 Å². The number of hydrogen-bond donors (Lipinski definition) is 0. The first kappa shape index (κ1) is 17.8. The largest absolute Gasteiger partial charge is 0.462 e. The van der Waals surface area contributed by atoms with Crippen LogP contribution in [-0.4, -0.2) is 54.5 Å². The Morgan fingerprint density at radius 3 is 2.60 bits per heavy atom. The second-order valence-corrected chi connectivity index (χ2v) is 7.08. The molecule has 1 aliphatic rings. The van der Waals surface area contributed by atoms with Gasteiger partial charge in [-0.1, -0.05) is 6.07 Å². The third-order valence-electron chi connectivity index (χ3n) is 4.42. The van der Waals surface area contributed by atoms with Crippen LogP contribution in [-0.2, 0) is 16.1 Å². The van der Waals surface area contributed by atoms with Crippen molar-refractivity contribution in [1.29, 1.82) is 0 Å². The number of benzene rings is 1. The van der Waals surface area contributed by atoms with Gasteiger partial charge in [-0.2, -0.15) is 0 Å². The van der Waals surface area contributed by atoms with Crippen LogP contribution in [0.3, 0.4) is 0 Å². The number of piperazine rings is 1. The highest BCUT2D eigenvalue weighted by Gasteiger charge is 2.25. The van der Waals surface area contributed by atoms with Crippen LogP contribution in [0.15, 0.2) is 18.2 Å². The van der Waals surface area contributed by atoms with E-state index in [4.69, 9.17) is 4.74 Å². The lowest BCUT2D eigenvalue weighted by atomic mass is 10.1. The first-order chi connectivity index (χ1) is 12.0. The van der Waals surface area contributed by atoms with E-state index in [0.717, 1.165) is 4.70 Å². The third-order valence-corrected chi connectivity index (χ3v) is 5.60. The topological polar surface area (TPSA) is 49.9 Å². The molecular formula is C18H21FN2O3S. The van der Waals surface area contributed by atoms with Crippen LogP contribution in [0.1, 0.15) is 29.1 Å². The molecule has 0 saturated carbocycles. The fraction of sp³-hybridized carbons (Fsp3) is 0.444. The molecule has 3 rings (SSSR count). The number of carbonyl (C=O) groups excluding carboxylic acids is 2. The summed E-state index contributed by atoms with van der Waals surface area (Å²) in [6.45, 7) is 6.78. The van der Waals surface area contributed by atoms with Gasteiger partial charge in [0, 0.05) is 55.3 Å². The van der Waals surface area contributed by atoms with Crippen molar-refractivity contribution in [1.82, 2.24) is 9.80 Å². The highest BCUT2D eigenvalue weighted by molar-refractivity contribution is 7.21. The summed E-state index contributed by atoms with van der Waals surface area (Å²) in [5.74, 6) is -0.652. The number of hydrogen-bond acceptors (Lipinski definition) is 5. The van der Waals surface area contributed by atoms with Gasteiger partial charge in [0.25, 0.3) is 0 Å². The van der Waals surface area contributed by atoms with Crippen LogP contribution in [0.2, 0.25) is 0 Å². The van der Waals surface area contributed by atoms with Crippen LogP contribution in [0, 0.1) is 5.82 Å². The summed E-state index contributed by atoms with van der Waals surface area (Å²) in [7, 11) is 0. The van der Waals surface area contributed by atoms with E-state index in [2.05, 4.69) is 4.90 Å². The van der Waals surface area contributed by atoms with Gasteiger partial charge in [-0.05, 0) is 19.1 Å². The second kappa shape index (κ2) is 7.49. The number of thiophene rings is 1. The Morgan fingerprint density at radius 2 is 1.96 bits per heavy atom. The zero-order chi connectivity index (χ0) is 18.0. The molecule has 1 amide bonds. The van der Waals surface area contributed by atoms with Crippen molar-refractivity contribution in [2.24, 2.45) is 0 Å². The Balaban J connectivity index is 1.90. The minimum Gasteiger partial charge on any atom is -0.462 e. The van der Waals surface area contributed by atoms with Crippen molar-refractivity contribution < 1.29 is 18.7 Å². The summed E-state index contributed by atoms with van der Waals surface area (Å²) in [6, 6.07) is 4.89. The predicted molar refractivity (Wildman–Crippen MR) is 95.3 cm³/mol. The Kier molecular flexibility index (Phi) is 5.34. The average Bonchev–Trinajstić information content (AvgIpc) is 2.95. The van der Waals surface area contributed by atoms with Crippen molar-refractivity contribution >= 4 is 33.3 Å². The van der Waals surface area contributed by atoms with Gasteiger partial charge in [-0.15, -0.1) is 11.3 Å². The smallest absolute Gasteiger partial charge is 0.348 e. The Bertz CT molecular complexity index is 797. The molecule has 1 saturated heterocycles. The molecule has 25 heavy (non-hydrogen) atoms.